The predicted octanol–water partition coefficient (Wildman–Crippen LogP) is 2.63. The monoisotopic (exact) mass is 311 g/mol. The van der Waals surface area contributed by atoms with Crippen LogP contribution in [0, 0.1) is 0 Å². The molecule has 2 N–H and O–H groups in total. The van der Waals surface area contributed by atoms with Gasteiger partial charge in [-0.3, -0.25) is 9.31 Å². The molecule has 0 saturated heterocycles. The Morgan fingerprint density at radius 3 is 2.45 bits per heavy atom. The fraction of sp³-hybridized carbons (Fsp3) is 0.750. The van der Waals surface area contributed by atoms with Crippen molar-refractivity contribution >= 4 is 10.8 Å². The van der Waals surface area contributed by atoms with Gasteiger partial charge in [-0.1, -0.05) is 0 Å². The van der Waals surface area contributed by atoms with Crippen LogP contribution >= 0.6 is 0 Å². The highest BCUT2D eigenvalue weighted by molar-refractivity contribution is 7.86. The Kier molecular flexibility index (Phi) is 5.37. The van der Waals surface area contributed by atoms with Crippen molar-refractivity contribution in [3.63, 3.8) is 0 Å². The van der Waals surface area contributed by atoms with Gasteiger partial charge in [0.1, 0.15) is 0 Å². The molecule has 0 aliphatic carbocycles. The first-order valence-electron chi connectivity index (χ1n) is 6.26. The number of nitrogens with one attached hydrogen (secondary N) is 2. The third-order valence-electron chi connectivity index (χ3n) is 2.78. The highest BCUT2D eigenvalue weighted by atomic mass is 32.2. The smallest absolute Gasteiger partial charge is 0.308 e. The molecule has 2 unspecified atom stereocenters. The minimum atomic E-state index is -4.44. The summed E-state index contributed by atoms with van der Waals surface area (Å²) in [6, 6.07) is 0.675. The van der Waals surface area contributed by atoms with Crippen molar-refractivity contribution < 1.29 is 17.4 Å². The molecule has 0 radical (unpaired) electrons. The molecule has 0 bridgehead atoms. The highest BCUT2D eigenvalue weighted by Gasteiger charge is 2.34. The van der Waals surface area contributed by atoms with Crippen molar-refractivity contribution in [2.75, 3.05) is 12.3 Å². The zero-order valence-electron chi connectivity index (χ0n) is 12.0. The van der Waals surface area contributed by atoms with Crippen molar-refractivity contribution in [3.8, 4) is 0 Å². The Morgan fingerprint density at radius 2 is 2.00 bits per heavy atom. The minimum absolute atomic E-state index is 0.289. The standard InChI is InChI=1S/C12H20F3N3OS/c1-8(16-5-6-20(19)11(2,3)4)9-7-10(18-17-9)12(13,14)15/h7-8,16H,5-6H2,1-4H3,(H,17,18). The molecule has 116 valence electrons. The van der Waals surface area contributed by atoms with E-state index in [-0.39, 0.29) is 10.8 Å². The van der Waals surface area contributed by atoms with Crippen molar-refractivity contribution in [3.05, 3.63) is 17.5 Å². The number of hydrogen-bond donors (Lipinski definition) is 2. The molecule has 4 nitrogen and oxygen atoms in total. The van der Waals surface area contributed by atoms with E-state index in [2.05, 4.69) is 15.5 Å². The lowest BCUT2D eigenvalue weighted by atomic mass is 10.2. The van der Waals surface area contributed by atoms with Crippen LogP contribution in [0.1, 0.15) is 45.1 Å². The molecule has 2 atom stereocenters. The fourth-order valence-corrected chi connectivity index (χ4v) is 2.40. The number of nitrogens with zero attached hydrogens (tertiary/aromatic N) is 1. The molecule has 8 heteroatoms. The van der Waals surface area contributed by atoms with Crippen LogP contribution in [0.4, 0.5) is 13.2 Å². The fourth-order valence-electron chi connectivity index (χ4n) is 1.49. The second-order valence-electron chi connectivity index (χ2n) is 5.54. The topological polar surface area (TPSA) is 57.8 Å². The molecule has 1 rings (SSSR count). The molecule has 20 heavy (non-hydrogen) atoms. The van der Waals surface area contributed by atoms with Crippen molar-refractivity contribution in [2.24, 2.45) is 0 Å². The molecular weight excluding hydrogens is 291 g/mol. The maximum atomic E-state index is 12.4. The van der Waals surface area contributed by atoms with Crippen LogP contribution in [0.3, 0.4) is 0 Å². The zero-order chi connectivity index (χ0) is 15.6. The van der Waals surface area contributed by atoms with Gasteiger partial charge in [-0.2, -0.15) is 18.3 Å². The number of aromatic amines is 1. The van der Waals surface area contributed by atoms with Gasteiger partial charge in [0, 0.05) is 33.9 Å². The molecule has 0 amide bonds. The number of halogens is 3. The molecular formula is C12H20F3N3OS. The summed E-state index contributed by atoms with van der Waals surface area (Å²) in [5, 5.41) is 8.65. The van der Waals surface area contributed by atoms with Crippen molar-refractivity contribution in [1.82, 2.24) is 15.5 Å². The second kappa shape index (κ2) is 6.26. The van der Waals surface area contributed by atoms with E-state index in [1.165, 1.54) is 0 Å². The van der Waals surface area contributed by atoms with Crippen LogP contribution in [-0.4, -0.2) is 31.5 Å². The van der Waals surface area contributed by atoms with Gasteiger partial charge < -0.3 is 5.32 Å². The van der Waals surface area contributed by atoms with E-state index in [0.29, 0.717) is 18.0 Å². The van der Waals surface area contributed by atoms with E-state index in [1.54, 1.807) is 6.92 Å². The van der Waals surface area contributed by atoms with Gasteiger partial charge in [0.2, 0.25) is 0 Å². The van der Waals surface area contributed by atoms with Crippen LogP contribution in [0.5, 0.6) is 0 Å². The number of alkyl halides is 3. The molecule has 1 aromatic heterocycles. The van der Waals surface area contributed by atoms with E-state index >= 15 is 0 Å². The van der Waals surface area contributed by atoms with Crippen LogP contribution in [0.2, 0.25) is 0 Å². The van der Waals surface area contributed by atoms with E-state index in [0.717, 1.165) is 6.07 Å². The number of H-pyrrole nitrogens is 1. The van der Waals surface area contributed by atoms with Crippen molar-refractivity contribution in [1.29, 1.82) is 0 Å². The Bertz CT molecular complexity index is 465. The summed E-state index contributed by atoms with van der Waals surface area (Å²) in [6.07, 6.45) is -4.44. The van der Waals surface area contributed by atoms with Gasteiger partial charge in [0.15, 0.2) is 5.69 Å². The summed E-state index contributed by atoms with van der Waals surface area (Å²) < 4.78 is 48.8. The maximum Gasteiger partial charge on any atom is 0.435 e. The largest absolute Gasteiger partial charge is 0.435 e. The summed E-state index contributed by atoms with van der Waals surface area (Å²) >= 11 is 0. The zero-order valence-corrected chi connectivity index (χ0v) is 12.8. The lowest BCUT2D eigenvalue weighted by Crippen LogP contribution is -2.30. The molecule has 0 spiro atoms. The van der Waals surface area contributed by atoms with E-state index in [9.17, 15) is 17.4 Å². The predicted molar refractivity (Wildman–Crippen MR) is 72.8 cm³/mol. The first-order valence-corrected chi connectivity index (χ1v) is 7.58. The summed E-state index contributed by atoms with van der Waals surface area (Å²) in [5.74, 6) is 0.452. The maximum absolute atomic E-state index is 12.4. The molecule has 0 aromatic carbocycles. The molecule has 0 saturated carbocycles. The van der Waals surface area contributed by atoms with Gasteiger partial charge in [0.25, 0.3) is 0 Å². The second-order valence-corrected chi connectivity index (χ2v) is 7.87. The quantitative estimate of drug-likeness (QED) is 0.879. The third kappa shape index (κ3) is 4.90. The number of hydrogen-bond acceptors (Lipinski definition) is 3. The first kappa shape index (κ1) is 17.2. The average Bonchev–Trinajstić information content (AvgIpc) is 2.76. The summed E-state index contributed by atoms with van der Waals surface area (Å²) in [7, 11) is -0.987. The van der Waals surface area contributed by atoms with Gasteiger partial charge in [-0.15, -0.1) is 0 Å². The summed E-state index contributed by atoms with van der Waals surface area (Å²) in [6.45, 7) is 7.85. The highest BCUT2D eigenvalue weighted by Crippen LogP contribution is 2.28. The van der Waals surface area contributed by atoms with Crippen molar-refractivity contribution in [2.45, 2.75) is 44.7 Å². The lowest BCUT2D eigenvalue weighted by Gasteiger charge is -2.19. The summed E-state index contributed by atoms with van der Waals surface area (Å²) in [4.78, 5) is 0. The minimum Gasteiger partial charge on any atom is -0.308 e. The third-order valence-corrected chi connectivity index (χ3v) is 4.72. The Hall–Kier alpha value is -0.890. The molecule has 0 fully saturated rings. The number of rotatable bonds is 5. The van der Waals surface area contributed by atoms with Crippen LogP contribution in [0.25, 0.3) is 0 Å². The Morgan fingerprint density at radius 1 is 1.40 bits per heavy atom. The van der Waals surface area contributed by atoms with Gasteiger partial charge >= 0.3 is 6.18 Å². The molecule has 0 aliphatic rings. The van der Waals surface area contributed by atoms with E-state index in [4.69, 9.17) is 0 Å². The first-order chi connectivity index (χ1) is 9.01. The van der Waals surface area contributed by atoms with Gasteiger partial charge in [-0.25, -0.2) is 0 Å². The Balaban J connectivity index is 2.50. The van der Waals surface area contributed by atoms with Gasteiger partial charge in [0.05, 0.1) is 5.69 Å². The van der Waals surface area contributed by atoms with E-state index in [1.807, 2.05) is 20.8 Å². The SMILES string of the molecule is CC(NCCS(=O)C(C)(C)C)c1cc(C(F)(F)F)n[nH]1. The molecule has 0 aliphatic heterocycles. The van der Waals surface area contributed by atoms with Crippen LogP contribution in [0.15, 0.2) is 6.07 Å². The van der Waals surface area contributed by atoms with Crippen LogP contribution in [-0.2, 0) is 17.0 Å². The number of aromatic nitrogens is 2. The summed E-state index contributed by atoms with van der Waals surface area (Å²) in [5.41, 5.74) is -0.571. The normalized spacial score (nSPS) is 16.1. The van der Waals surface area contributed by atoms with E-state index < -0.39 is 22.7 Å². The molecule has 1 aromatic rings. The molecule has 1 heterocycles. The average molecular weight is 311 g/mol. The van der Waals surface area contributed by atoms with Crippen LogP contribution < -0.4 is 5.32 Å². The van der Waals surface area contributed by atoms with Gasteiger partial charge in [-0.05, 0) is 33.8 Å². The Labute approximate surface area is 119 Å². The lowest BCUT2D eigenvalue weighted by molar-refractivity contribution is -0.141.